The highest BCUT2D eigenvalue weighted by atomic mass is 16.2. The van der Waals surface area contributed by atoms with Gasteiger partial charge in [-0.25, -0.2) is 0 Å². The van der Waals surface area contributed by atoms with Crippen molar-refractivity contribution < 1.29 is 4.79 Å². The van der Waals surface area contributed by atoms with Gasteiger partial charge in [0, 0.05) is 31.1 Å². The molecule has 2 N–H and O–H groups in total. The number of nitrogens with one attached hydrogen (secondary N) is 2. The van der Waals surface area contributed by atoms with Crippen LogP contribution in [-0.4, -0.2) is 49.1 Å². The smallest absolute Gasteiger partial charge is 0.225 e. The number of hydrogen-bond acceptors (Lipinski definition) is 3. The fraction of sp³-hybridized carbons (Fsp3) is 0.929. The molecule has 0 bridgehead atoms. The Bertz CT molecular complexity index is 289. The van der Waals surface area contributed by atoms with Crippen LogP contribution in [-0.2, 0) is 4.79 Å². The van der Waals surface area contributed by atoms with Gasteiger partial charge in [0.1, 0.15) is 0 Å². The highest BCUT2D eigenvalue weighted by molar-refractivity contribution is 5.81. The Morgan fingerprint density at radius 3 is 2.17 bits per heavy atom. The Labute approximate surface area is 109 Å². The molecule has 0 aromatic rings. The summed E-state index contributed by atoms with van der Waals surface area (Å²) in [5.41, 5.74) is 0. The third-order valence-corrected chi connectivity index (χ3v) is 4.54. The normalized spacial score (nSPS) is 27.4. The third kappa shape index (κ3) is 3.04. The van der Waals surface area contributed by atoms with E-state index in [1.165, 1.54) is 12.8 Å². The molecule has 0 atom stereocenters. The molecule has 3 aliphatic rings. The van der Waals surface area contributed by atoms with Gasteiger partial charge in [-0.1, -0.05) is 0 Å². The van der Waals surface area contributed by atoms with E-state index >= 15 is 0 Å². The van der Waals surface area contributed by atoms with E-state index in [9.17, 15) is 4.79 Å². The highest BCUT2D eigenvalue weighted by Gasteiger charge is 2.35. The van der Waals surface area contributed by atoms with Gasteiger partial charge in [0.05, 0.1) is 0 Å². The molecule has 0 aromatic carbocycles. The van der Waals surface area contributed by atoms with Crippen LogP contribution >= 0.6 is 0 Å². The number of rotatable bonds is 3. The van der Waals surface area contributed by atoms with E-state index in [1.807, 2.05) is 0 Å². The van der Waals surface area contributed by atoms with Crippen molar-refractivity contribution in [3.05, 3.63) is 0 Å². The van der Waals surface area contributed by atoms with Gasteiger partial charge in [-0.3, -0.25) is 4.79 Å². The Morgan fingerprint density at radius 2 is 1.56 bits per heavy atom. The summed E-state index contributed by atoms with van der Waals surface area (Å²) in [6.45, 7) is 4.24. The zero-order chi connectivity index (χ0) is 12.4. The van der Waals surface area contributed by atoms with Crippen molar-refractivity contribution in [3.8, 4) is 0 Å². The van der Waals surface area contributed by atoms with E-state index in [0.717, 1.165) is 51.9 Å². The molecule has 4 nitrogen and oxygen atoms in total. The zero-order valence-electron chi connectivity index (χ0n) is 11.2. The Kier molecular flexibility index (Phi) is 3.85. The Balaban J connectivity index is 1.40. The lowest BCUT2D eigenvalue weighted by atomic mass is 10.00. The fourth-order valence-corrected chi connectivity index (χ4v) is 3.18. The van der Waals surface area contributed by atoms with Gasteiger partial charge in [0.15, 0.2) is 0 Å². The maximum Gasteiger partial charge on any atom is 0.225 e. The second-order valence-corrected chi connectivity index (χ2v) is 6.06. The molecule has 1 aliphatic carbocycles. The van der Waals surface area contributed by atoms with Gasteiger partial charge < -0.3 is 15.5 Å². The highest BCUT2D eigenvalue weighted by Crippen LogP contribution is 2.31. The first-order valence-electron chi connectivity index (χ1n) is 7.58. The maximum absolute atomic E-state index is 12.0. The standard InChI is InChI=1S/C14H25N3O/c18-14(11-1-2-11)17-9-5-13(6-10-17)16-12-3-7-15-8-4-12/h11-13,15-16H,1-10H2. The lowest BCUT2D eigenvalue weighted by molar-refractivity contribution is -0.133. The maximum atomic E-state index is 12.0. The van der Waals surface area contributed by atoms with Crippen molar-refractivity contribution in [1.29, 1.82) is 0 Å². The first-order chi connectivity index (χ1) is 8.83. The minimum atomic E-state index is 0.388. The summed E-state index contributed by atoms with van der Waals surface area (Å²) in [7, 11) is 0. The van der Waals surface area contributed by atoms with E-state index in [2.05, 4.69) is 15.5 Å². The molecule has 3 rings (SSSR count). The van der Waals surface area contributed by atoms with Crippen molar-refractivity contribution >= 4 is 5.91 Å². The lowest BCUT2D eigenvalue weighted by Crippen LogP contribution is -2.50. The molecular weight excluding hydrogens is 226 g/mol. The molecule has 102 valence electrons. The van der Waals surface area contributed by atoms with Crippen LogP contribution in [0.25, 0.3) is 0 Å². The van der Waals surface area contributed by atoms with E-state index < -0.39 is 0 Å². The van der Waals surface area contributed by atoms with E-state index in [4.69, 9.17) is 0 Å². The average molecular weight is 251 g/mol. The average Bonchev–Trinajstić information content (AvgIpc) is 3.24. The second-order valence-electron chi connectivity index (χ2n) is 6.06. The van der Waals surface area contributed by atoms with Gasteiger partial charge >= 0.3 is 0 Å². The molecule has 0 radical (unpaired) electrons. The summed E-state index contributed by atoms with van der Waals surface area (Å²) in [6.07, 6.45) is 7.05. The van der Waals surface area contributed by atoms with Gasteiger partial charge in [0.25, 0.3) is 0 Å². The van der Waals surface area contributed by atoms with Crippen LogP contribution in [0.3, 0.4) is 0 Å². The minimum absolute atomic E-state index is 0.388. The van der Waals surface area contributed by atoms with Gasteiger partial charge in [-0.15, -0.1) is 0 Å². The molecule has 4 heteroatoms. The summed E-state index contributed by atoms with van der Waals surface area (Å²) < 4.78 is 0. The Morgan fingerprint density at radius 1 is 0.944 bits per heavy atom. The summed E-state index contributed by atoms with van der Waals surface area (Å²) in [4.78, 5) is 14.0. The second kappa shape index (κ2) is 5.57. The van der Waals surface area contributed by atoms with Gasteiger partial charge in [0.2, 0.25) is 5.91 Å². The van der Waals surface area contributed by atoms with Crippen LogP contribution in [0.5, 0.6) is 0 Å². The van der Waals surface area contributed by atoms with Crippen LogP contribution in [0.4, 0.5) is 0 Å². The molecule has 2 saturated heterocycles. The Hall–Kier alpha value is -0.610. The van der Waals surface area contributed by atoms with E-state index in [-0.39, 0.29) is 0 Å². The number of nitrogens with zero attached hydrogens (tertiary/aromatic N) is 1. The van der Waals surface area contributed by atoms with Crippen molar-refractivity contribution in [2.24, 2.45) is 5.92 Å². The van der Waals surface area contributed by atoms with Crippen molar-refractivity contribution in [2.75, 3.05) is 26.2 Å². The number of carbonyl (C=O) groups excluding carboxylic acids is 1. The summed E-state index contributed by atoms with van der Waals surface area (Å²) in [5, 5.41) is 7.18. The molecule has 0 aromatic heterocycles. The van der Waals surface area contributed by atoms with Crippen molar-refractivity contribution in [2.45, 2.75) is 50.6 Å². The van der Waals surface area contributed by atoms with Crippen LogP contribution < -0.4 is 10.6 Å². The van der Waals surface area contributed by atoms with Gasteiger partial charge in [-0.2, -0.15) is 0 Å². The van der Waals surface area contributed by atoms with Gasteiger partial charge in [-0.05, 0) is 51.6 Å². The van der Waals surface area contributed by atoms with Crippen molar-refractivity contribution in [1.82, 2.24) is 15.5 Å². The molecule has 1 amide bonds. The predicted molar refractivity (Wildman–Crippen MR) is 71.4 cm³/mol. The molecule has 2 aliphatic heterocycles. The summed E-state index contributed by atoms with van der Waals surface area (Å²) in [5.74, 6) is 0.814. The van der Waals surface area contributed by atoms with Crippen LogP contribution in [0.2, 0.25) is 0 Å². The summed E-state index contributed by atoms with van der Waals surface area (Å²) in [6, 6.07) is 1.33. The molecule has 0 spiro atoms. The monoisotopic (exact) mass is 251 g/mol. The molecule has 3 fully saturated rings. The number of carbonyl (C=O) groups is 1. The van der Waals surface area contributed by atoms with Crippen LogP contribution in [0.15, 0.2) is 0 Å². The number of hydrogen-bond donors (Lipinski definition) is 2. The number of amides is 1. The molecule has 2 heterocycles. The topological polar surface area (TPSA) is 44.4 Å². The quantitative estimate of drug-likeness (QED) is 0.777. The lowest BCUT2D eigenvalue weighted by Gasteiger charge is -2.35. The third-order valence-electron chi connectivity index (χ3n) is 4.54. The van der Waals surface area contributed by atoms with E-state index in [0.29, 0.717) is 23.9 Å². The first kappa shape index (κ1) is 12.4. The molecule has 18 heavy (non-hydrogen) atoms. The predicted octanol–water partition coefficient (Wildman–Crippen LogP) is 0.729. The van der Waals surface area contributed by atoms with Crippen molar-refractivity contribution in [3.63, 3.8) is 0 Å². The molecular formula is C14H25N3O. The SMILES string of the molecule is O=C(C1CC1)N1CCC(NC2CCNCC2)CC1. The van der Waals surface area contributed by atoms with Crippen LogP contribution in [0.1, 0.15) is 38.5 Å². The van der Waals surface area contributed by atoms with E-state index in [1.54, 1.807) is 0 Å². The number of piperidine rings is 2. The largest absolute Gasteiger partial charge is 0.342 e. The fourth-order valence-electron chi connectivity index (χ4n) is 3.18. The zero-order valence-corrected chi connectivity index (χ0v) is 11.2. The molecule has 0 unspecified atom stereocenters. The number of likely N-dealkylation sites (tertiary alicyclic amines) is 1. The first-order valence-corrected chi connectivity index (χ1v) is 7.58. The molecule has 1 saturated carbocycles. The summed E-state index contributed by atoms with van der Waals surface area (Å²) >= 11 is 0. The minimum Gasteiger partial charge on any atom is -0.342 e. The van der Waals surface area contributed by atoms with Crippen LogP contribution in [0, 0.1) is 5.92 Å².